The average Bonchev–Trinajstić information content (AvgIpc) is 2.97. The number of urea groups is 1. The van der Waals surface area contributed by atoms with Crippen molar-refractivity contribution in [1.29, 1.82) is 0 Å². The Morgan fingerprint density at radius 1 is 0.960 bits per heavy atom. The molecule has 124 valence electrons. The molecule has 4 amide bonds. The molecular formula is C17H10FN3O3S. The number of barbiturate groups is 1. The van der Waals surface area contributed by atoms with E-state index in [1.54, 1.807) is 30.3 Å². The quantitative estimate of drug-likeness (QED) is 0.661. The summed E-state index contributed by atoms with van der Waals surface area (Å²) in [7, 11) is 0. The van der Waals surface area contributed by atoms with Crippen molar-refractivity contribution in [3.63, 3.8) is 0 Å². The molecule has 1 aliphatic rings. The van der Waals surface area contributed by atoms with Gasteiger partial charge in [0.15, 0.2) is 0 Å². The summed E-state index contributed by atoms with van der Waals surface area (Å²) in [5.74, 6) is -1.67. The molecule has 0 N–H and O–H groups in total. The SMILES string of the molecule is O=C1CC(=O)N(c2nc3ccc(F)cc3s2)C(=O)N1c1ccccc1. The van der Waals surface area contributed by atoms with Gasteiger partial charge in [-0.25, -0.2) is 24.0 Å². The second-order valence-corrected chi connectivity index (χ2v) is 6.37. The highest BCUT2D eigenvalue weighted by atomic mass is 32.1. The summed E-state index contributed by atoms with van der Waals surface area (Å²) in [6.07, 6.45) is -0.440. The number of imide groups is 2. The summed E-state index contributed by atoms with van der Waals surface area (Å²) in [4.78, 5) is 43.3. The Labute approximate surface area is 145 Å². The number of halogens is 1. The molecule has 1 aromatic heterocycles. The van der Waals surface area contributed by atoms with E-state index in [0.717, 1.165) is 21.1 Å². The molecule has 1 fully saturated rings. The minimum atomic E-state index is -0.785. The van der Waals surface area contributed by atoms with E-state index >= 15 is 0 Å². The number of aromatic nitrogens is 1. The van der Waals surface area contributed by atoms with Gasteiger partial charge in [-0.05, 0) is 30.3 Å². The van der Waals surface area contributed by atoms with Crippen LogP contribution in [-0.4, -0.2) is 22.8 Å². The summed E-state index contributed by atoms with van der Waals surface area (Å²) in [5, 5.41) is 0.115. The molecule has 0 saturated carbocycles. The molecule has 2 aromatic carbocycles. The van der Waals surface area contributed by atoms with Crippen molar-refractivity contribution in [2.24, 2.45) is 0 Å². The number of anilines is 2. The topological polar surface area (TPSA) is 70.6 Å². The predicted molar refractivity (Wildman–Crippen MR) is 91.0 cm³/mol. The Balaban J connectivity index is 1.78. The Morgan fingerprint density at radius 2 is 1.68 bits per heavy atom. The molecule has 2 heterocycles. The van der Waals surface area contributed by atoms with E-state index in [1.165, 1.54) is 18.2 Å². The van der Waals surface area contributed by atoms with Crippen LogP contribution in [0.5, 0.6) is 0 Å². The molecule has 1 aliphatic heterocycles. The molecule has 0 radical (unpaired) electrons. The van der Waals surface area contributed by atoms with E-state index in [-0.39, 0.29) is 5.13 Å². The van der Waals surface area contributed by atoms with E-state index in [4.69, 9.17) is 0 Å². The number of hydrogen-bond donors (Lipinski definition) is 0. The maximum Gasteiger partial charge on any atom is 0.344 e. The molecular weight excluding hydrogens is 345 g/mol. The van der Waals surface area contributed by atoms with Gasteiger partial charge in [-0.2, -0.15) is 0 Å². The van der Waals surface area contributed by atoms with E-state index in [0.29, 0.717) is 15.9 Å². The van der Waals surface area contributed by atoms with Crippen LogP contribution in [0.1, 0.15) is 6.42 Å². The number of rotatable bonds is 2. The third-order valence-electron chi connectivity index (χ3n) is 3.73. The molecule has 6 nitrogen and oxygen atoms in total. The lowest BCUT2D eigenvalue weighted by molar-refractivity contribution is -0.126. The van der Waals surface area contributed by atoms with Crippen LogP contribution >= 0.6 is 11.3 Å². The number of thiazole rings is 1. The number of para-hydroxylation sites is 1. The van der Waals surface area contributed by atoms with Crippen LogP contribution in [0.2, 0.25) is 0 Å². The molecule has 0 atom stereocenters. The van der Waals surface area contributed by atoms with Crippen LogP contribution in [0.3, 0.4) is 0 Å². The van der Waals surface area contributed by atoms with Gasteiger partial charge >= 0.3 is 6.03 Å². The number of fused-ring (bicyclic) bond motifs is 1. The maximum absolute atomic E-state index is 13.4. The highest BCUT2D eigenvalue weighted by molar-refractivity contribution is 7.22. The van der Waals surface area contributed by atoms with E-state index in [1.807, 2.05) is 0 Å². The first-order valence-corrected chi connectivity index (χ1v) is 8.17. The number of nitrogens with zero attached hydrogens (tertiary/aromatic N) is 3. The zero-order valence-electron chi connectivity index (χ0n) is 12.7. The van der Waals surface area contributed by atoms with Crippen molar-refractivity contribution in [2.45, 2.75) is 6.42 Å². The summed E-state index contributed by atoms with van der Waals surface area (Å²) in [6, 6.07) is 11.6. The average molecular weight is 355 g/mol. The third-order valence-corrected chi connectivity index (χ3v) is 4.73. The van der Waals surface area contributed by atoms with Crippen LogP contribution < -0.4 is 9.80 Å². The molecule has 0 spiro atoms. The smallest absolute Gasteiger partial charge is 0.273 e. The highest BCUT2D eigenvalue weighted by Gasteiger charge is 2.41. The van der Waals surface area contributed by atoms with Crippen LogP contribution in [-0.2, 0) is 9.59 Å². The van der Waals surface area contributed by atoms with Crippen LogP contribution in [0.25, 0.3) is 10.2 Å². The molecule has 8 heteroatoms. The van der Waals surface area contributed by atoms with Gasteiger partial charge in [0.05, 0.1) is 15.9 Å². The van der Waals surface area contributed by atoms with Gasteiger partial charge < -0.3 is 0 Å². The van der Waals surface area contributed by atoms with Gasteiger partial charge in [-0.15, -0.1) is 0 Å². The fraction of sp³-hybridized carbons (Fsp3) is 0.0588. The number of carbonyl (C=O) groups is 3. The molecule has 0 unspecified atom stereocenters. The number of carbonyl (C=O) groups excluding carboxylic acids is 3. The molecule has 1 saturated heterocycles. The van der Waals surface area contributed by atoms with Crippen molar-refractivity contribution < 1.29 is 18.8 Å². The van der Waals surface area contributed by atoms with E-state index in [2.05, 4.69) is 4.98 Å². The number of benzene rings is 2. The Hall–Kier alpha value is -3.13. The van der Waals surface area contributed by atoms with E-state index in [9.17, 15) is 18.8 Å². The Morgan fingerprint density at radius 3 is 2.44 bits per heavy atom. The molecule has 0 aliphatic carbocycles. The lowest BCUT2D eigenvalue weighted by Crippen LogP contribution is -2.55. The minimum Gasteiger partial charge on any atom is -0.273 e. The second kappa shape index (κ2) is 5.75. The van der Waals surface area contributed by atoms with Crippen molar-refractivity contribution in [1.82, 2.24) is 4.98 Å². The third kappa shape index (κ3) is 2.56. The van der Waals surface area contributed by atoms with Gasteiger partial charge in [0.2, 0.25) is 16.9 Å². The van der Waals surface area contributed by atoms with Gasteiger partial charge in [0, 0.05) is 0 Å². The fourth-order valence-electron chi connectivity index (χ4n) is 2.60. The predicted octanol–water partition coefficient (Wildman–Crippen LogP) is 3.33. The second-order valence-electron chi connectivity index (χ2n) is 5.36. The van der Waals surface area contributed by atoms with Crippen molar-refractivity contribution in [3.05, 3.63) is 54.3 Å². The monoisotopic (exact) mass is 355 g/mol. The lowest BCUT2D eigenvalue weighted by Gasteiger charge is -2.31. The van der Waals surface area contributed by atoms with E-state index < -0.39 is 30.1 Å². The van der Waals surface area contributed by atoms with Crippen LogP contribution in [0, 0.1) is 5.82 Å². The molecule has 25 heavy (non-hydrogen) atoms. The standard InChI is InChI=1S/C17H10FN3O3S/c18-10-6-7-12-13(8-10)25-16(19-12)21-15(23)9-14(22)20(17(21)24)11-4-2-1-3-5-11/h1-8H,9H2. The largest absolute Gasteiger partial charge is 0.344 e. The molecule has 0 bridgehead atoms. The van der Waals surface area contributed by atoms with Gasteiger partial charge in [-0.3, -0.25) is 9.59 Å². The minimum absolute atomic E-state index is 0.115. The zero-order valence-corrected chi connectivity index (χ0v) is 13.5. The van der Waals surface area contributed by atoms with Crippen molar-refractivity contribution in [3.8, 4) is 0 Å². The van der Waals surface area contributed by atoms with Crippen LogP contribution in [0.4, 0.5) is 20.0 Å². The molecule has 3 aromatic rings. The Kier molecular flexibility index (Phi) is 3.54. The Bertz CT molecular complexity index is 1020. The number of hydrogen-bond acceptors (Lipinski definition) is 5. The summed E-state index contributed by atoms with van der Waals surface area (Å²) < 4.78 is 13.9. The van der Waals surface area contributed by atoms with Crippen molar-refractivity contribution in [2.75, 3.05) is 9.80 Å². The molecule has 4 rings (SSSR count). The highest BCUT2D eigenvalue weighted by Crippen LogP contribution is 2.33. The summed E-state index contributed by atoms with van der Waals surface area (Å²) in [6.45, 7) is 0. The first-order chi connectivity index (χ1) is 12.0. The fourth-order valence-corrected chi connectivity index (χ4v) is 3.60. The van der Waals surface area contributed by atoms with Gasteiger partial charge in [0.1, 0.15) is 12.2 Å². The van der Waals surface area contributed by atoms with Gasteiger partial charge in [-0.1, -0.05) is 29.5 Å². The van der Waals surface area contributed by atoms with Crippen molar-refractivity contribution >= 4 is 50.2 Å². The first kappa shape index (κ1) is 15.4. The van der Waals surface area contributed by atoms with Crippen LogP contribution in [0.15, 0.2) is 48.5 Å². The normalized spacial score (nSPS) is 15.3. The lowest BCUT2D eigenvalue weighted by atomic mass is 10.2. The number of amides is 4. The summed E-state index contributed by atoms with van der Waals surface area (Å²) in [5.41, 5.74) is 0.854. The summed E-state index contributed by atoms with van der Waals surface area (Å²) >= 11 is 1.02. The maximum atomic E-state index is 13.4. The zero-order chi connectivity index (χ0) is 17.6. The van der Waals surface area contributed by atoms with Gasteiger partial charge in [0.25, 0.3) is 0 Å². The first-order valence-electron chi connectivity index (χ1n) is 7.35.